The van der Waals surface area contributed by atoms with E-state index in [1.165, 1.54) is 24.3 Å². The van der Waals surface area contributed by atoms with Crippen molar-refractivity contribution in [3.8, 4) is 0 Å². The summed E-state index contributed by atoms with van der Waals surface area (Å²) in [6.45, 7) is 0.480. The molecule has 2 atom stereocenters. The molecular formula is C21H21N7O5S2. The molecule has 2 aromatic heterocycles. The quantitative estimate of drug-likeness (QED) is 0.165. The Bertz CT molecular complexity index is 1260. The van der Waals surface area contributed by atoms with Crippen molar-refractivity contribution in [2.75, 3.05) is 24.3 Å². The second-order valence-electron chi connectivity index (χ2n) is 7.45. The van der Waals surface area contributed by atoms with Gasteiger partial charge < -0.3 is 31.5 Å². The van der Waals surface area contributed by atoms with Crippen LogP contribution < -0.4 is 26.5 Å². The second kappa shape index (κ2) is 10.1. The summed E-state index contributed by atoms with van der Waals surface area (Å²) in [4.78, 5) is 47.5. The Morgan fingerprint density at radius 3 is 2.77 bits per heavy atom. The number of β-lactam (4-membered cyclic amide) rings is 1. The van der Waals surface area contributed by atoms with Crippen molar-refractivity contribution in [3.05, 3.63) is 59.0 Å². The van der Waals surface area contributed by atoms with Crippen molar-refractivity contribution >= 4 is 57.4 Å². The van der Waals surface area contributed by atoms with E-state index in [0.717, 1.165) is 16.2 Å². The number of oxime groups is 1. The van der Waals surface area contributed by atoms with Gasteiger partial charge in [-0.3, -0.25) is 14.5 Å². The maximum Gasteiger partial charge on any atom is 0.276 e. The van der Waals surface area contributed by atoms with Crippen LogP contribution in [-0.2, 0) is 25.8 Å². The summed E-state index contributed by atoms with van der Waals surface area (Å²) < 4.78 is 1.86. The predicted octanol–water partition coefficient (Wildman–Crippen LogP) is -1.39. The number of anilines is 2. The van der Waals surface area contributed by atoms with Gasteiger partial charge in [-0.1, -0.05) is 11.2 Å². The summed E-state index contributed by atoms with van der Waals surface area (Å²) in [7, 11) is 1.27. The number of nitrogens with two attached hydrogens (primary N) is 2. The first-order valence-corrected chi connectivity index (χ1v) is 12.2. The Morgan fingerprint density at radius 2 is 2.14 bits per heavy atom. The molecule has 4 rings (SSSR count). The molecule has 0 bridgehead atoms. The van der Waals surface area contributed by atoms with Gasteiger partial charge in [0.15, 0.2) is 29.8 Å². The van der Waals surface area contributed by atoms with Gasteiger partial charge in [0.25, 0.3) is 11.8 Å². The van der Waals surface area contributed by atoms with Crippen LogP contribution in [0.3, 0.4) is 0 Å². The van der Waals surface area contributed by atoms with Gasteiger partial charge >= 0.3 is 0 Å². The molecule has 2 aliphatic heterocycles. The Morgan fingerprint density at radius 1 is 1.40 bits per heavy atom. The standard InChI is InChI=1S/C21H21N7O5S2/c1-33-26-14(13-10-35-21(23)24-13)17(29)25-15-18(30)28-16(20(31)32)11(9-34-19(15)28)3-2-6-27-7-4-12(22)5-8-27/h2-5,7-8,10,15,19,22H,6,9H2,1H3,(H4,23,24,25,29,31,32)/b3-2?,26-14-/t15?,19-/m0/s1. The number of carbonyl (C=O) groups is 3. The van der Waals surface area contributed by atoms with Crippen molar-refractivity contribution in [3.63, 3.8) is 0 Å². The lowest BCUT2D eigenvalue weighted by molar-refractivity contribution is -0.686. The molecular weight excluding hydrogens is 494 g/mol. The van der Waals surface area contributed by atoms with Gasteiger partial charge in [0.2, 0.25) is 0 Å². The highest BCUT2D eigenvalue weighted by Crippen LogP contribution is 2.40. The molecule has 14 heteroatoms. The Hall–Kier alpha value is -3.91. The number of rotatable bonds is 8. The van der Waals surface area contributed by atoms with Crippen LogP contribution in [0.4, 0.5) is 10.8 Å². The number of hydrogen-bond donors (Lipinski definition) is 3. The van der Waals surface area contributed by atoms with Crippen molar-refractivity contribution < 1.29 is 28.9 Å². The van der Waals surface area contributed by atoms with E-state index in [0.29, 0.717) is 23.6 Å². The topological polar surface area (TPSA) is 180 Å². The van der Waals surface area contributed by atoms with E-state index in [1.54, 1.807) is 36.7 Å². The van der Waals surface area contributed by atoms with Gasteiger partial charge in [-0.25, -0.2) is 9.55 Å². The highest BCUT2D eigenvalue weighted by molar-refractivity contribution is 8.00. The molecule has 4 heterocycles. The number of nitrogens with zero attached hydrogens (tertiary/aromatic N) is 4. The normalized spacial score (nSPS) is 20.0. The third-order valence-electron chi connectivity index (χ3n) is 5.19. The minimum atomic E-state index is -1.47. The fraction of sp³-hybridized carbons (Fsp3) is 0.238. The summed E-state index contributed by atoms with van der Waals surface area (Å²) in [5.74, 6) is -2.41. The zero-order valence-electron chi connectivity index (χ0n) is 18.4. The number of aromatic nitrogens is 2. The molecule has 1 saturated heterocycles. The average Bonchev–Trinajstić information content (AvgIpc) is 3.27. The summed E-state index contributed by atoms with van der Waals surface area (Å²) in [5.41, 5.74) is 12.2. The molecule has 35 heavy (non-hydrogen) atoms. The SMILES string of the molecule is CO/N=C(\C(=O)NC1C(=O)N2C(C(=O)[O-])=C(C=CC[n+]3ccc(N)cc3)CS[C@@H]12)c1csc(N)n1. The number of carboxylic acid groups (broad SMARTS) is 1. The number of hydrogen-bond acceptors (Lipinski definition) is 11. The summed E-state index contributed by atoms with van der Waals surface area (Å²) in [6.07, 6.45) is 7.04. The Balaban J connectivity index is 1.48. The third-order valence-corrected chi connectivity index (χ3v) is 7.17. The molecule has 1 unspecified atom stereocenters. The lowest BCUT2D eigenvalue weighted by atomic mass is 10.0. The first kappa shape index (κ1) is 24.2. The molecule has 1 fully saturated rings. The molecule has 2 aromatic rings. The number of amides is 2. The first-order chi connectivity index (χ1) is 16.8. The van der Waals surface area contributed by atoms with E-state index >= 15 is 0 Å². The fourth-order valence-electron chi connectivity index (χ4n) is 3.57. The molecule has 0 aromatic carbocycles. The van der Waals surface area contributed by atoms with Crippen LogP contribution in [0.2, 0.25) is 0 Å². The fourth-order valence-corrected chi connectivity index (χ4v) is 5.44. The van der Waals surface area contributed by atoms with Crippen LogP contribution in [0.25, 0.3) is 0 Å². The number of nitrogens with one attached hydrogen (secondary N) is 1. The number of nitrogen functional groups attached to an aromatic ring is 2. The maximum absolute atomic E-state index is 12.9. The van der Waals surface area contributed by atoms with E-state index in [9.17, 15) is 19.5 Å². The highest BCUT2D eigenvalue weighted by Gasteiger charge is 2.53. The van der Waals surface area contributed by atoms with Crippen molar-refractivity contribution in [1.82, 2.24) is 15.2 Å². The van der Waals surface area contributed by atoms with Crippen LogP contribution in [0.5, 0.6) is 0 Å². The molecule has 2 amide bonds. The number of aliphatic carboxylic acids is 1. The highest BCUT2D eigenvalue weighted by atomic mass is 32.2. The van der Waals surface area contributed by atoms with Crippen LogP contribution >= 0.6 is 23.1 Å². The number of allylic oxidation sites excluding steroid dienone is 2. The zero-order chi connectivity index (χ0) is 25.1. The van der Waals surface area contributed by atoms with Crippen LogP contribution in [0.1, 0.15) is 5.69 Å². The van der Waals surface area contributed by atoms with Crippen LogP contribution in [0.15, 0.2) is 58.5 Å². The van der Waals surface area contributed by atoms with Gasteiger partial charge in [-0.05, 0) is 11.6 Å². The molecule has 5 N–H and O–H groups in total. The van der Waals surface area contributed by atoms with Gasteiger partial charge in [0, 0.05) is 29.0 Å². The summed E-state index contributed by atoms with van der Waals surface area (Å²) in [5, 5.41) is 19.4. The number of thioether (sulfide) groups is 1. The van der Waals surface area contributed by atoms with Gasteiger partial charge in [0.1, 0.15) is 24.2 Å². The van der Waals surface area contributed by atoms with Crippen LogP contribution in [-0.4, -0.2) is 57.7 Å². The van der Waals surface area contributed by atoms with Gasteiger partial charge in [-0.2, -0.15) is 0 Å². The number of carboxylic acids is 1. The molecule has 0 aliphatic carbocycles. The van der Waals surface area contributed by atoms with Crippen molar-refractivity contribution in [1.29, 1.82) is 0 Å². The predicted molar refractivity (Wildman–Crippen MR) is 127 cm³/mol. The lowest BCUT2D eigenvalue weighted by Gasteiger charge is -2.50. The Kier molecular flexibility index (Phi) is 7.02. The summed E-state index contributed by atoms with van der Waals surface area (Å²) in [6, 6.07) is 2.55. The van der Waals surface area contributed by atoms with Gasteiger partial charge in [0.05, 0.1) is 11.7 Å². The van der Waals surface area contributed by atoms with E-state index in [-0.39, 0.29) is 22.2 Å². The maximum atomic E-state index is 12.9. The van der Waals surface area contributed by atoms with E-state index in [1.807, 2.05) is 4.57 Å². The summed E-state index contributed by atoms with van der Waals surface area (Å²) >= 11 is 2.45. The number of thiazole rings is 1. The van der Waals surface area contributed by atoms with E-state index in [4.69, 9.17) is 16.3 Å². The number of carbonyl (C=O) groups excluding carboxylic acids is 3. The zero-order valence-corrected chi connectivity index (χ0v) is 20.0. The smallest absolute Gasteiger partial charge is 0.276 e. The second-order valence-corrected chi connectivity index (χ2v) is 9.44. The number of pyridine rings is 1. The molecule has 182 valence electrons. The Labute approximate surface area is 207 Å². The molecule has 0 spiro atoms. The molecule has 2 aliphatic rings. The molecule has 12 nitrogen and oxygen atoms in total. The number of fused-ring (bicyclic) bond motifs is 1. The first-order valence-electron chi connectivity index (χ1n) is 10.2. The lowest BCUT2D eigenvalue weighted by Crippen LogP contribution is -2.71. The average molecular weight is 516 g/mol. The van der Waals surface area contributed by atoms with E-state index < -0.39 is 29.2 Å². The van der Waals surface area contributed by atoms with Crippen molar-refractivity contribution in [2.45, 2.75) is 18.0 Å². The van der Waals surface area contributed by atoms with Gasteiger partial charge in [-0.15, -0.1) is 23.1 Å². The van der Waals surface area contributed by atoms with Crippen LogP contribution in [0, 0.1) is 0 Å². The molecule has 0 saturated carbocycles. The largest absolute Gasteiger partial charge is 0.543 e. The van der Waals surface area contributed by atoms with Crippen molar-refractivity contribution in [2.24, 2.45) is 5.16 Å². The monoisotopic (exact) mass is 515 g/mol. The van der Waals surface area contributed by atoms with E-state index in [2.05, 4.69) is 15.5 Å². The molecule has 0 radical (unpaired) electrons. The third kappa shape index (κ3) is 4.97. The minimum absolute atomic E-state index is 0.146. The minimum Gasteiger partial charge on any atom is -0.543 e.